The van der Waals surface area contributed by atoms with Gasteiger partial charge in [-0.2, -0.15) is 11.8 Å². The standard InChI is InChI=1S/C30H42N2O4S/c1-30(2,3)36-29(34)31-17-11-6-12-18-32-27(21-35-20-24-13-7-4-8-14-24)19-26(28(32)33)23-37-22-25-15-9-5-10-16-25/h4-5,7-10,13-16,26-27H,6,11-12,17-23H2,1-3H3,(H,31,34). The van der Waals surface area contributed by atoms with Crippen LogP contribution < -0.4 is 5.32 Å². The van der Waals surface area contributed by atoms with E-state index in [0.717, 1.165) is 49.3 Å². The Morgan fingerprint density at radius 3 is 2.35 bits per heavy atom. The first-order chi connectivity index (χ1) is 17.8. The summed E-state index contributed by atoms with van der Waals surface area (Å²) in [6.45, 7) is 7.98. The van der Waals surface area contributed by atoms with E-state index in [1.807, 2.05) is 61.7 Å². The van der Waals surface area contributed by atoms with Gasteiger partial charge in [-0.3, -0.25) is 4.79 Å². The Morgan fingerprint density at radius 2 is 1.68 bits per heavy atom. The molecule has 6 nitrogen and oxygen atoms in total. The Bertz CT molecular complexity index is 949. The normalized spacial score (nSPS) is 17.7. The van der Waals surface area contributed by atoms with Crippen LogP contribution in [0.3, 0.4) is 0 Å². The highest BCUT2D eigenvalue weighted by Gasteiger charge is 2.38. The summed E-state index contributed by atoms with van der Waals surface area (Å²) in [5, 5.41) is 2.81. The van der Waals surface area contributed by atoms with Crippen molar-refractivity contribution in [2.24, 2.45) is 5.92 Å². The number of hydrogen-bond acceptors (Lipinski definition) is 5. The second-order valence-electron chi connectivity index (χ2n) is 10.6. The molecule has 2 aromatic rings. The fraction of sp³-hybridized carbons (Fsp3) is 0.533. The minimum absolute atomic E-state index is 0.0351. The quantitative estimate of drug-likeness (QED) is 0.304. The number of alkyl carbamates (subject to hydrolysis) is 1. The van der Waals surface area contributed by atoms with Crippen molar-refractivity contribution in [2.75, 3.05) is 25.4 Å². The average Bonchev–Trinajstić information content (AvgIpc) is 3.15. The van der Waals surface area contributed by atoms with Crippen LogP contribution in [-0.2, 0) is 26.6 Å². The number of benzene rings is 2. The van der Waals surface area contributed by atoms with Gasteiger partial charge < -0.3 is 19.7 Å². The second kappa shape index (κ2) is 15.0. The maximum Gasteiger partial charge on any atom is 0.407 e. The predicted molar refractivity (Wildman–Crippen MR) is 150 cm³/mol. The van der Waals surface area contributed by atoms with Crippen LogP contribution in [-0.4, -0.2) is 54.0 Å². The van der Waals surface area contributed by atoms with Crippen LogP contribution in [0.4, 0.5) is 4.79 Å². The largest absolute Gasteiger partial charge is 0.444 e. The Labute approximate surface area is 226 Å². The molecule has 2 atom stereocenters. The summed E-state index contributed by atoms with van der Waals surface area (Å²) in [5.74, 6) is 2.04. The Balaban J connectivity index is 1.44. The first kappa shape index (κ1) is 29.1. The molecule has 2 unspecified atom stereocenters. The number of rotatable bonds is 14. The van der Waals surface area contributed by atoms with Crippen molar-refractivity contribution in [3.05, 3.63) is 71.8 Å². The van der Waals surface area contributed by atoms with Gasteiger partial charge in [-0.15, -0.1) is 0 Å². The number of carbonyl (C=O) groups excluding carboxylic acids is 2. The zero-order chi connectivity index (χ0) is 26.5. The van der Waals surface area contributed by atoms with Crippen molar-refractivity contribution in [3.8, 4) is 0 Å². The van der Waals surface area contributed by atoms with Crippen molar-refractivity contribution in [3.63, 3.8) is 0 Å². The van der Waals surface area contributed by atoms with Crippen molar-refractivity contribution in [1.82, 2.24) is 10.2 Å². The second-order valence-corrected chi connectivity index (χ2v) is 11.6. The Morgan fingerprint density at radius 1 is 1.00 bits per heavy atom. The van der Waals surface area contributed by atoms with Crippen LogP contribution in [0.2, 0.25) is 0 Å². The highest BCUT2D eigenvalue weighted by atomic mass is 32.2. The minimum Gasteiger partial charge on any atom is -0.444 e. The number of ether oxygens (including phenoxy) is 2. The molecule has 7 heteroatoms. The van der Waals surface area contributed by atoms with Gasteiger partial charge in [0.05, 0.1) is 19.3 Å². The molecule has 1 saturated heterocycles. The van der Waals surface area contributed by atoms with Gasteiger partial charge in [0.25, 0.3) is 0 Å². The molecule has 1 fully saturated rings. The average molecular weight is 527 g/mol. The van der Waals surface area contributed by atoms with E-state index in [9.17, 15) is 9.59 Å². The zero-order valence-electron chi connectivity index (χ0n) is 22.5. The maximum atomic E-state index is 13.3. The third-order valence-electron chi connectivity index (χ3n) is 6.23. The van der Waals surface area contributed by atoms with Crippen molar-refractivity contribution in [2.45, 2.75) is 70.5 Å². The summed E-state index contributed by atoms with van der Waals surface area (Å²) in [6, 6.07) is 20.7. The summed E-state index contributed by atoms with van der Waals surface area (Å²) < 4.78 is 11.3. The molecule has 0 spiro atoms. The molecule has 0 bridgehead atoms. The Hall–Kier alpha value is -2.51. The van der Waals surface area contributed by atoms with Crippen LogP contribution in [0.15, 0.2) is 60.7 Å². The number of nitrogens with zero attached hydrogens (tertiary/aromatic N) is 1. The van der Waals surface area contributed by atoms with Gasteiger partial charge in [-0.25, -0.2) is 4.79 Å². The highest BCUT2D eigenvalue weighted by Crippen LogP contribution is 2.30. The van der Waals surface area contributed by atoms with E-state index >= 15 is 0 Å². The summed E-state index contributed by atoms with van der Waals surface area (Å²) in [7, 11) is 0. The molecule has 37 heavy (non-hydrogen) atoms. The molecular formula is C30H42N2O4S. The van der Waals surface area contributed by atoms with E-state index in [2.05, 4.69) is 41.7 Å². The predicted octanol–water partition coefficient (Wildman–Crippen LogP) is 6.05. The summed E-state index contributed by atoms with van der Waals surface area (Å²) >= 11 is 1.83. The molecule has 2 amide bonds. The van der Waals surface area contributed by atoms with Crippen molar-refractivity contribution in [1.29, 1.82) is 0 Å². The molecule has 0 aliphatic carbocycles. The van der Waals surface area contributed by atoms with Crippen LogP contribution in [0, 0.1) is 5.92 Å². The van der Waals surface area contributed by atoms with Gasteiger partial charge in [-0.05, 0) is 57.6 Å². The number of nitrogens with one attached hydrogen (secondary N) is 1. The molecular weight excluding hydrogens is 484 g/mol. The van der Waals surface area contributed by atoms with E-state index in [-0.39, 0.29) is 24.0 Å². The molecule has 1 aliphatic rings. The Kier molecular flexibility index (Phi) is 11.8. The molecule has 1 aliphatic heterocycles. The molecule has 1 heterocycles. The lowest BCUT2D eigenvalue weighted by Gasteiger charge is -2.25. The summed E-state index contributed by atoms with van der Waals surface area (Å²) in [5.41, 5.74) is 1.94. The number of likely N-dealkylation sites (tertiary alicyclic amines) is 1. The molecule has 0 aromatic heterocycles. The monoisotopic (exact) mass is 526 g/mol. The lowest BCUT2D eigenvalue weighted by Crippen LogP contribution is -2.37. The summed E-state index contributed by atoms with van der Waals surface area (Å²) in [4.78, 5) is 27.2. The van der Waals surface area contributed by atoms with E-state index in [4.69, 9.17) is 9.47 Å². The number of carbonyl (C=O) groups is 2. The van der Waals surface area contributed by atoms with Crippen LogP contribution in [0.5, 0.6) is 0 Å². The molecule has 1 N–H and O–H groups in total. The first-order valence-electron chi connectivity index (χ1n) is 13.3. The third-order valence-corrected chi connectivity index (χ3v) is 7.40. The fourth-order valence-electron chi connectivity index (χ4n) is 4.43. The lowest BCUT2D eigenvalue weighted by atomic mass is 10.1. The highest BCUT2D eigenvalue weighted by molar-refractivity contribution is 7.98. The molecule has 3 rings (SSSR count). The molecule has 2 aromatic carbocycles. The van der Waals surface area contributed by atoms with Gasteiger partial charge in [0.1, 0.15) is 5.60 Å². The maximum absolute atomic E-state index is 13.3. The first-order valence-corrected chi connectivity index (χ1v) is 14.5. The molecule has 202 valence electrons. The third kappa shape index (κ3) is 10.8. The number of hydrogen-bond donors (Lipinski definition) is 1. The van der Waals surface area contributed by atoms with Crippen LogP contribution in [0.25, 0.3) is 0 Å². The fourth-order valence-corrected chi connectivity index (χ4v) is 5.54. The van der Waals surface area contributed by atoms with Gasteiger partial charge >= 0.3 is 6.09 Å². The van der Waals surface area contributed by atoms with Gasteiger partial charge in [0.15, 0.2) is 0 Å². The zero-order valence-corrected chi connectivity index (χ0v) is 23.3. The van der Waals surface area contributed by atoms with Gasteiger partial charge in [0.2, 0.25) is 5.91 Å². The number of amides is 2. The smallest absolute Gasteiger partial charge is 0.407 e. The topological polar surface area (TPSA) is 67.9 Å². The van der Waals surface area contributed by atoms with Gasteiger partial charge in [-0.1, -0.05) is 60.7 Å². The van der Waals surface area contributed by atoms with Crippen LogP contribution in [0.1, 0.15) is 57.6 Å². The lowest BCUT2D eigenvalue weighted by molar-refractivity contribution is -0.132. The number of unbranched alkanes of at least 4 members (excludes halogenated alkanes) is 2. The van der Waals surface area contributed by atoms with E-state index < -0.39 is 5.60 Å². The van der Waals surface area contributed by atoms with E-state index in [1.54, 1.807) is 0 Å². The summed E-state index contributed by atoms with van der Waals surface area (Å²) in [6.07, 6.45) is 3.15. The van der Waals surface area contributed by atoms with Crippen molar-refractivity contribution < 1.29 is 19.1 Å². The number of thioether (sulfide) groups is 1. The molecule has 0 saturated carbocycles. The van der Waals surface area contributed by atoms with Gasteiger partial charge in [0, 0.05) is 30.5 Å². The van der Waals surface area contributed by atoms with Crippen molar-refractivity contribution >= 4 is 23.8 Å². The van der Waals surface area contributed by atoms with Crippen LogP contribution >= 0.6 is 11.8 Å². The van der Waals surface area contributed by atoms with E-state index in [0.29, 0.717) is 19.8 Å². The minimum atomic E-state index is -0.492. The van der Waals surface area contributed by atoms with E-state index in [1.165, 1.54) is 5.56 Å². The SMILES string of the molecule is CC(C)(C)OC(=O)NCCCCCN1C(=O)C(CSCc2ccccc2)CC1COCc1ccccc1. The molecule has 0 radical (unpaired) electrons.